The number of carbonyl (C=O) groups is 1. The van der Waals surface area contributed by atoms with Gasteiger partial charge in [0.2, 0.25) is 5.82 Å². The van der Waals surface area contributed by atoms with Crippen molar-refractivity contribution in [3.8, 4) is 22.5 Å². The Morgan fingerprint density at radius 1 is 1.17 bits per heavy atom. The Hall–Kier alpha value is -3.88. The van der Waals surface area contributed by atoms with E-state index in [2.05, 4.69) is 43.9 Å². The first-order chi connectivity index (χ1) is 14.6. The third-order valence-electron chi connectivity index (χ3n) is 4.93. The molecule has 0 aliphatic heterocycles. The van der Waals surface area contributed by atoms with Gasteiger partial charge in [-0.15, -0.1) is 10.2 Å². The molecule has 0 saturated carbocycles. The van der Waals surface area contributed by atoms with Crippen molar-refractivity contribution in [3.05, 3.63) is 54.5 Å². The first-order valence-electron chi connectivity index (χ1n) is 9.65. The quantitative estimate of drug-likeness (QED) is 0.431. The van der Waals surface area contributed by atoms with Crippen LogP contribution in [0.2, 0.25) is 0 Å². The Morgan fingerprint density at radius 2 is 2.00 bits per heavy atom. The molecule has 1 amide bonds. The summed E-state index contributed by atoms with van der Waals surface area (Å²) in [7, 11) is 0. The first-order valence-corrected chi connectivity index (χ1v) is 9.65. The van der Waals surface area contributed by atoms with Crippen LogP contribution in [-0.2, 0) is 6.42 Å². The van der Waals surface area contributed by atoms with Crippen molar-refractivity contribution >= 4 is 17.0 Å². The number of nitrogens with zero attached hydrogens (tertiary/aromatic N) is 5. The predicted molar refractivity (Wildman–Crippen MR) is 112 cm³/mol. The molecule has 4 rings (SSSR count). The molecule has 0 bridgehead atoms. The predicted octanol–water partition coefficient (Wildman–Crippen LogP) is 3.31. The molecule has 0 radical (unpaired) electrons. The van der Waals surface area contributed by atoms with Crippen molar-refractivity contribution in [2.24, 2.45) is 5.92 Å². The zero-order valence-corrected chi connectivity index (χ0v) is 16.4. The standard InChI is InChI=1S/C21H21N7O2/c1-13(4-9-23-21(29)30)10-16-12-18(20-25-27-28-26-20)17-11-15(2-3-19(17)24-16)14-5-7-22-8-6-14/h2-3,5-8,11-13,23H,4,9-10H2,1H3,(H,29,30)(H,25,26,27,28). The van der Waals surface area contributed by atoms with Gasteiger partial charge in [0, 0.05) is 35.6 Å². The van der Waals surface area contributed by atoms with Crippen molar-refractivity contribution in [1.29, 1.82) is 0 Å². The molecule has 3 N–H and O–H groups in total. The summed E-state index contributed by atoms with van der Waals surface area (Å²) in [4.78, 5) is 19.5. The maximum absolute atomic E-state index is 10.6. The van der Waals surface area contributed by atoms with Crippen molar-refractivity contribution in [1.82, 2.24) is 35.9 Å². The normalized spacial score (nSPS) is 12.0. The zero-order valence-electron chi connectivity index (χ0n) is 16.4. The average Bonchev–Trinajstić information content (AvgIpc) is 3.28. The number of aromatic amines is 1. The van der Waals surface area contributed by atoms with Gasteiger partial charge in [-0.3, -0.25) is 9.97 Å². The summed E-state index contributed by atoms with van der Waals surface area (Å²) < 4.78 is 0. The highest BCUT2D eigenvalue weighted by atomic mass is 16.4. The number of carboxylic acid groups (broad SMARTS) is 1. The zero-order chi connectivity index (χ0) is 20.9. The van der Waals surface area contributed by atoms with Crippen LogP contribution in [0.3, 0.4) is 0 Å². The van der Waals surface area contributed by atoms with Crippen LogP contribution in [0.1, 0.15) is 19.0 Å². The van der Waals surface area contributed by atoms with Gasteiger partial charge < -0.3 is 10.4 Å². The van der Waals surface area contributed by atoms with E-state index in [4.69, 9.17) is 10.1 Å². The van der Waals surface area contributed by atoms with E-state index in [9.17, 15) is 4.79 Å². The lowest BCUT2D eigenvalue weighted by Gasteiger charge is -2.13. The van der Waals surface area contributed by atoms with Crippen LogP contribution in [0.5, 0.6) is 0 Å². The van der Waals surface area contributed by atoms with Crippen LogP contribution in [-0.4, -0.2) is 48.3 Å². The molecule has 0 saturated heterocycles. The average molecular weight is 403 g/mol. The van der Waals surface area contributed by atoms with Crippen molar-refractivity contribution in [3.63, 3.8) is 0 Å². The van der Waals surface area contributed by atoms with E-state index in [0.717, 1.165) is 39.7 Å². The largest absolute Gasteiger partial charge is 0.465 e. The Bertz CT molecular complexity index is 1150. The van der Waals surface area contributed by atoms with Crippen LogP contribution in [0.4, 0.5) is 4.79 Å². The molecule has 30 heavy (non-hydrogen) atoms. The number of tetrazole rings is 1. The second-order valence-corrected chi connectivity index (χ2v) is 7.19. The number of amides is 1. The third-order valence-corrected chi connectivity index (χ3v) is 4.93. The minimum Gasteiger partial charge on any atom is -0.465 e. The Balaban J connectivity index is 1.69. The molecule has 0 spiro atoms. The molecule has 9 heteroatoms. The van der Waals surface area contributed by atoms with Gasteiger partial charge >= 0.3 is 6.09 Å². The second-order valence-electron chi connectivity index (χ2n) is 7.19. The van der Waals surface area contributed by atoms with Crippen molar-refractivity contribution in [2.75, 3.05) is 6.54 Å². The lowest BCUT2D eigenvalue weighted by atomic mass is 9.97. The molecular weight excluding hydrogens is 382 g/mol. The number of aromatic nitrogens is 6. The molecule has 4 aromatic rings. The summed E-state index contributed by atoms with van der Waals surface area (Å²) in [5.41, 5.74) is 4.73. The molecule has 9 nitrogen and oxygen atoms in total. The maximum atomic E-state index is 10.6. The minimum atomic E-state index is -1.00. The summed E-state index contributed by atoms with van der Waals surface area (Å²) in [5.74, 6) is 0.770. The Kier molecular flexibility index (Phi) is 5.60. The molecular formula is C21H21N7O2. The van der Waals surface area contributed by atoms with Crippen LogP contribution in [0.25, 0.3) is 33.4 Å². The summed E-state index contributed by atoms with van der Waals surface area (Å²) in [6.07, 6.45) is 3.97. The van der Waals surface area contributed by atoms with E-state index in [1.165, 1.54) is 0 Å². The molecule has 3 aromatic heterocycles. The van der Waals surface area contributed by atoms with Gasteiger partial charge in [-0.05, 0) is 65.4 Å². The van der Waals surface area contributed by atoms with Crippen LogP contribution in [0, 0.1) is 5.92 Å². The van der Waals surface area contributed by atoms with E-state index >= 15 is 0 Å². The molecule has 1 aromatic carbocycles. The fraction of sp³-hybridized carbons (Fsp3) is 0.238. The van der Waals surface area contributed by atoms with Gasteiger partial charge in [0.05, 0.1) is 5.52 Å². The molecule has 0 fully saturated rings. The van der Waals surface area contributed by atoms with E-state index in [1.54, 1.807) is 12.4 Å². The van der Waals surface area contributed by atoms with Gasteiger partial charge in [0.25, 0.3) is 0 Å². The Morgan fingerprint density at radius 3 is 2.73 bits per heavy atom. The molecule has 1 atom stereocenters. The summed E-state index contributed by atoms with van der Waals surface area (Å²) >= 11 is 0. The smallest absolute Gasteiger partial charge is 0.404 e. The van der Waals surface area contributed by atoms with Gasteiger partial charge in [0.1, 0.15) is 0 Å². The monoisotopic (exact) mass is 403 g/mol. The van der Waals surface area contributed by atoms with E-state index in [0.29, 0.717) is 18.8 Å². The van der Waals surface area contributed by atoms with Crippen molar-refractivity contribution in [2.45, 2.75) is 19.8 Å². The number of hydrogen-bond donors (Lipinski definition) is 3. The van der Waals surface area contributed by atoms with Gasteiger partial charge in [0.15, 0.2) is 0 Å². The van der Waals surface area contributed by atoms with Crippen molar-refractivity contribution < 1.29 is 9.90 Å². The van der Waals surface area contributed by atoms with Crippen LogP contribution in [0.15, 0.2) is 48.8 Å². The number of H-pyrrole nitrogens is 1. The molecule has 152 valence electrons. The summed E-state index contributed by atoms with van der Waals surface area (Å²) in [5, 5.41) is 26.6. The number of benzene rings is 1. The SMILES string of the molecule is CC(CCNC(=O)O)Cc1cc(-c2nn[nH]n2)c2cc(-c3ccncc3)ccc2n1. The first kappa shape index (κ1) is 19.4. The highest BCUT2D eigenvalue weighted by molar-refractivity contribution is 5.95. The van der Waals surface area contributed by atoms with E-state index in [-0.39, 0.29) is 5.92 Å². The lowest BCUT2D eigenvalue weighted by molar-refractivity contribution is 0.193. The summed E-state index contributed by atoms with van der Waals surface area (Å²) in [6.45, 7) is 2.49. The van der Waals surface area contributed by atoms with Gasteiger partial charge in [-0.25, -0.2) is 4.79 Å². The van der Waals surface area contributed by atoms with E-state index < -0.39 is 6.09 Å². The fourth-order valence-corrected chi connectivity index (χ4v) is 3.45. The number of fused-ring (bicyclic) bond motifs is 1. The topological polar surface area (TPSA) is 130 Å². The number of nitrogens with one attached hydrogen (secondary N) is 2. The fourth-order valence-electron chi connectivity index (χ4n) is 3.45. The summed E-state index contributed by atoms with van der Waals surface area (Å²) in [6, 6.07) is 12.0. The third kappa shape index (κ3) is 4.40. The van der Waals surface area contributed by atoms with E-state index in [1.807, 2.05) is 30.3 Å². The second kappa shape index (κ2) is 8.64. The highest BCUT2D eigenvalue weighted by Crippen LogP contribution is 2.31. The van der Waals surface area contributed by atoms with Gasteiger partial charge in [-0.2, -0.15) is 5.21 Å². The minimum absolute atomic E-state index is 0.260. The number of pyridine rings is 2. The van der Waals surface area contributed by atoms with Crippen LogP contribution < -0.4 is 5.32 Å². The molecule has 3 heterocycles. The highest BCUT2D eigenvalue weighted by Gasteiger charge is 2.14. The Labute approximate surface area is 172 Å². The molecule has 1 unspecified atom stereocenters. The maximum Gasteiger partial charge on any atom is 0.404 e. The van der Waals surface area contributed by atoms with Crippen LogP contribution >= 0.6 is 0 Å². The number of rotatable bonds is 7. The number of hydrogen-bond acceptors (Lipinski definition) is 6. The lowest BCUT2D eigenvalue weighted by Crippen LogP contribution is -2.23. The molecule has 0 aliphatic rings. The van der Waals surface area contributed by atoms with Gasteiger partial charge in [-0.1, -0.05) is 13.0 Å². The molecule has 0 aliphatic carbocycles.